The van der Waals surface area contributed by atoms with Gasteiger partial charge in [0.05, 0.1) is 5.75 Å². The van der Waals surface area contributed by atoms with Crippen LogP contribution in [0.3, 0.4) is 0 Å². The van der Waals surface area contributed by atoms with Crippen molar-refractivity contribution < 1.29 is 18.0 Å². The van der Waals surface area contributed by atoms with E-state index in [0.29, 0.717) is 25.4 Å². The smallest absolute Gasteiger partial charge is 0.222 e. The molecule has 138 valence electrons. The van der Waals surface area contributed by atoms with Gasteiger partial charge in [0, 0.05) is 38.5 Å². The molecule has 0 bridgehead atoms. The van der Waals surface area contributed by atoms with Gasteiger partial charge in [-0.15, -0.1) is 0 Å². The van der Waals surface area contributed by atoms with Crippen LogP contribution in [-0.2, 0) is 19.6 Å². The lowest BCUT2D eigenvalue weighted by atomic mass is 9.83. The Hall–Kier alpha value is -1.15. The number of carbonyl (C=O) groups excluding carboxylic acids is 2. The number of piperidine rings is 2. The van der Waals surface area contributed by atoms with Crippen LogP contribution in [0.5, 0.6) is 0 Å². The van der Waals surface area contributed by atoms with Crippen LogP contribution in [0.1, 0.15) is 51.9 Å². The molecule has 2 rings (SSSR count). The molecule has 0 saturated carbocycles. The van der Waals surface area contributed by atoms with Crippen LogP contribution in [0.15, 0.2) is 0 Å². The summed E-state index contributed by atoms with van der Waals surface area (Å²) < 4.78 is 21.9. The highest BCUT2D eigenvalue weighted by molar-refractivity contribution is 7.89. The molecular formula is C16H29N3O4S. The van der Waals surface area contributed by atoms with Crippen molar-refractivity contribution in [1.29, 1.82) is 0 Å². The van der Waals surface area contributed by atoms with E-state index in [2.05, 4.69) is 6.92 Å². The number of carbonyl (C=O) groups is 2. The Bertz CT molecular complexity index is 564. The highest BCUT2D eigenvalue weighted by Crippen LogP contribution is 2.31. The molecule has 2 N–H and O–H groups in total. The first-order valence-electron chi connectivity index (χ1n) is 8.89. The molecule has 7 nitrogen and oxygen atoms in total. The Labute approximate surface area is 144 Å². The molecule has 2 amide bonds. The molecule has 2 heterocycles. The minimum absolute atomic E-state index is 0.00546. The molecule has 2 saturated heterocycles. The van der Waals surface area contributed by atoms with E-state index in [4.69, 9.17) is 5.14 Å². The number of sulfonamides is 1. The fourth-order valence-corrected chi connectivity index (χ4v) is 4.33. The van der Waals surface area contributed by atoms with Crippen molar-refractivity contribution in [2.45, 2.75) is 57.9 Å². The van der Waals surface area contributed by atoms with Crippen LogP contribution >= 0.6 is 0 Å². The second-order valence-corrected chi connectivity index (χ2v) is 8.64. The quantitative estimate of drug-likeness (QED) is 0.723. The third-order valence-corrected chi connectivity index (χ3v) is 5.93. The van der Waals surface area contributed by atoms with Crippen LogP contribution in [0.4, 0.5) is 0 Å². The number of likely N-dealkylation sites (tertiary alicyclic amines) is 2. The fraction of sp³-hybridized carbons (Fsp3) is 0.875. The summed E-state index contributed by atoms with van der Waals surface area (Å²) in [6, 6.07) is 0.256. The third-order valence-electron chi connectivity index (χ3n) is 5.07. The maximum absolute atomic E-state index is 12.3. The summed E-state index contributed by atoms with van der Waals surface area (Å²) in [6.07, 6.45) is 4.79. The lowest BCUT2D eigenvalue weighted by Crippen LogP contribution is -2.57. The van der Waals surface area contributed by atoms with E-state index in [9.17, 15) is 18.0 Å². The Kier molecular flexibility index (Phi) is 6.62. The first-order chi connectivity index (χ1) is 11.3. The van der Waals surface area contributed by atoms with Gasteiger partial charge in [-0.05, 0) is 31.6 Å². The molecule has 24 heavy (non-hydrogen) atoms. The number of rotatable bonds is 7. The van der Waals surface area contributed by atoms with Gasteiger partial charge in [0.15, 0.2) is 0 Å². The zero-order valence-electron chi connectivity index (χ0n) is 14.4. The highest BCUT2D eigenvalue weighted by atomic mass is 32.2. The molecular weight excluding hydrogens is 330 g/mol. The standard InChI is InChI=1S/C16H29N3O4S/c1-2-3-9-19-14-8-10-18(12-13(14)6-7-16(19)21)15(20)5-4-11-24(17,22)23/h13-14H,2-12H2,1H3,(H2,17,22,23)/t13-,14+/m0/s1. The van der Waals surface area contributed by atoms with Crippen LogP contribution < -0.4 is 5.14 Å². The molecule has 0 spiro atoms. The van der Waals surface area contributed by atoms with Crippen LogP contribution in [0.25, 0.3) is 0 Å². The molecule has 0 unspecified atom stereocenters. The second-order valence-electron chi connectivity index (χ2n) is 6.91. The molecule has 8 heteroatoms. The number of fused-ring (bicyclic) bond motifs is 1. The van der Waals surface area contributed by atoms with Crippen molar-refractivity contribution in [3.63, 3.8) is 0 Å². The highest BCUT2D eigenvalue weighted by Gasteiger charge is 2.39. The summed E-state index contributed by atoms with van der Waals surface area (Å²) in [7, 11) is -3.51. The molecule has 0 aromatic rings. The summed E-state index contributed by atoms with van der Waals surface area (Å²) in [5, 5.41) is 4.97. The molecule has 2 atom stereocenters. The summed E-state index contributed by atoms with van der Waals surface area (Å²) in [5.74, 6) is 0.431. The van der Waals surface area contributed by atoms with Crippen molar-refractivity contribution in [2.24, 2.45) is 11.1 Å². The topological polar surface area (TPSA) is 101 Å². The summed E-state index contributed by atoms with van der Waals surface area (Å²) in [6.45, 7) is 4.26. The van der Waals surface area contributed by atoms with Crippen LogP contribution in [-0.4, -0.2) is 61.5 Å². The average Bonchev–Trinajstić information content (AvgIpc) is 2.52. The van der Waals surface area contributed by atoms with Gasteiger partial charge in [0.2, 0.25) is 21.8 Å². The van der Waals surface area contributed by atoms with E-state index >= 15 is 0 Å². The van der Waals surface area contributed by atoms with Crippen molar-refractivity contribution >= 4 is 21.8 Å². The number of nitrogens with two attached hydrogens (primary N) is 1. The lowest BCUT2D eigenvalue weighted by molar-refractivity contribution is -0.144. The number of hydrogen-bond donors (Lipinski definition) is 1. The van der Waals surface area contributed by atoms with Gasteiger partial charge in [-0.25, -0.2) is 13.6 Å². The van der Waals surface area contributed by atoms with E-state index in [-0.39, 0.29) is 36.5 Å². The van der Waals surface area contributed by atoms with Gasteiger partial charge in [0.25, 0.3) is 0 Å². The van der Waals surface area contributed by atoms with E-state index in [1.54, 1.807) is 0 Å². The van der Waals surface area contributed by atoms with Gasteiger partial charge in [-0.3, -0.25) is 9.59 Å². The molecule has 0 radical (unpaired) electrons. The van der Waals surface area contributed by atoms with Crippen molar-refractivity contribution in [1.82, 2.24) is 9.80 Å². The molecule has 0 aromatic heterocycles. The van der Waals surface area contributed by atoms with Gasteiger partial charge in [0.1, 0.15) is 0 Å². The Morgan fingerprint density at radius 2 is 2.04 bits per heavy atom. The molecule has 2 aliphatic rings. The summed E-state index contributed by atoms with van der Waals surface area (Å²) in [5.41, 5.74) is 0. The molecule has 2 aliphatic heterocycles. The van der Waals surface area contributed by atoms with Gasteiger partial charge < -0.3 is 9.80 Å². The van der Waals surface area contributed by atoms with E-state index in [1.807, 2.05) is 9.80 Å². The van der Waals surface area contributed by atoms with Crippen LogP contribution in [0.2, 0.25) is 0 Å². The zero-order chi connectivity index (χ0) is 17.7. The minimum Gasteiger partial charge on any atom is -0.342 e. The third kappa shape index (κ3) is 5.17. The Balaban J connectivity index is 1.87. The SMILES string of the molecule is CCCCN1C(=O)CC[C@H]2CN(C(=O)CCCS(N)(=O)=O)CC[C@H]21. The minimum atomic E-state index is -3.51. The molecule has 0 aromatic carbocycles. The largest absolute Gasteiger partial charge is 0.342 e. The van der Waals surface area contributed by atoms with Crippen molar-refractivity contribution in [3.8, 4) is 0 Å². The van der Waals surface area contributed by atoms with Gasteiger partial charge in [-0.1, -0.05) is 13.3 Å². The number of unbranched alkanes of at least 4 members (excludes halogenated alkanes) is 1. The van der Waals surface area contributed by atoms with Crippen LogP contribution in [0, 0.1) is 5.92 Å². The first kappa shape index (κ1) is 19.2. The number of nitrogens with zero attached hydrogens (tertiary/aromatic N) is 2. The monoisotopic (exact) mass is 359 g/mol. The number of hydrogen-bond acceptors (Lipinski definition) is 4. The Morgan fingerprint density at radius 1 is 1.29 bits per heavy atom. The summed E-state index contributed by atoms with van der Waals surface area (Å²) in [4.78, 5) is 28.3. The van der Waals surface area contributed by atoms with E-state index in [1.165, 1.54) is 0 Å². The predicted octanol–water partition coefficient (Wildman–Crippen LogP) is 0.695. The average molecular weight is 359 g/mol. The van der Waals surface area contributed by atoms with Gasteiger partial charge in [-0.2, -0.15) is 0 Å². The van der Waals surface area contributed by atoms with Crippen molar-refractivity contribution in [2.75, 3.05) is 25.4 Å². The maximum Gasteiger partial charge on any atom is 0.222 e. The molecule has 2 fully saturated rings. The summed E-state index contributed by atoms with van der Waals surface area (Å²) >= 11 is 0. The second kappa shape index (κ2) is 8.29. The normalized spacial score (nSPS) is 24.8. The van der Waals surface area contributed by atoms with E-state index < -0.39 is 10.0 Å². The van der Waals surface area contributed by atoms with Crippen molar-refractivity contribution in [3.05, 3.63) is 0 Å². The predicted molar refractivity (Wildman–Crippen MR) is 91.5 cm³/mol. The number of primary sulfonamides is 1. The lowest BCUT2D eigenvalue weighted by Gasteiger charge is -2.47. The first-order valence-corrected chi connectivity index (χ1v) is 10.6. The van der Waals surface area contributed by atoms with E-state index in [0.717, 1.165) is 32.2 Å². The fourth-order valence-electron chi connectivity index (χ4n) is 3.78. The number of amides is 2. The zero-order valence-corrected chi connectivity index (χ0v) is 15.3. The Morgan fingerprint density at radius 3 is 2.71 bits per heavy atom. The maximum atomic E-state index is 12.3. The van der Waals surface area contributed by atoms with Gasteiger partial charge >= 0.3 is 0 Å². The molecule has 0 aliphatic carbocycles.